The van der Waals surface area contributed by atoms with Crippen molar-refractivity contribution in [2.24, 2.45) is 23.7 Å². The molecule has 0 aromatic heterocycles. The summed E-state index contributed by atoms with van der Waals surface area (Å²) in [5.74, 6) is -3.51. The number of carbonyl (C=O) groups is 8. The molecule has 462 valence electrons. The van der Waals surface area contributed by atoms with Crippen molar-refractivity contribution < 1.29 is 96.3 Å². The van der Waals surface area contributed by atoms with Crippen molar-refractivity contribution in [3.05, 3.63) is 144 Å². The Morgan fingerprint density at radius 3 is 0.788 bits per heavy atom. The first-order valence-electron chi connectivity index (χ1n) is 27.6. The molecule has 85 heavy (non-hydrogen) atoms. The van der Waals surface area contributed by atoms with Crippen LogP contribution >= 0.6 is 0 Å². The number of rotatable bonds is 13. The van der Waals surface area contributed by atoms with Gasteiger partial charge in [0.05, 0.1) is 83.1 Å². The molecule has 4 amide bonds. The zero-order valence-electron chi connectivity index (χ0n) is 48.6. The summed E-state index contributed by atoms with van der Waals surface area (Å²) in [7, 11) is 6.79. The molecule has 24 nitrogen and oxygen atoms in total. The van der Waals surface area contributed by atoms with E-state index in [4.69, 9.17) is 28.4 Å². The molecule has 4 fully saturated rings. The lowest BCUT2D eigenvalue weighted by molar-refractivity contribution is -0.150. The second-order valence-electron chi connectivity index (χ2n) is 20.4. The van der Waals surface area contributed by atoms with E-state index in [1.165, 1.54) is 48.0 Å². The highest BCUT2D eigenvalue weighted by Gasteiger charge is 2.38. The molecule has 8 rings (SSSR count). The Balaban J connectivity index is 0.000000207. The Labute approximate surface area is 494 Å². The number of methoxy groups -OCH3 is 5. The van der Waals surface area contributed by atoms with E-state index < -0.39 is 78.3 Å². The van der Waals surface area contributed by atoms with Crippen LogP contribution in [0.2, 0.25) is 0 Å². The summed E-state index contributed by atoms with van der Waals surface area (Å²) in [6.45, 7) is 2.52. The topological polar surface area (TPSA) is 293 Å². The molecule has 0 aliphatic carbocycles. The number of amides is 4. The highest BCUT2D eigenvalue weighted by molar-refractivity contribution is 5.77. The van der Waals surface area contributed by atoms with Crippen LogP contribution in [0.15, 0.2) is 121 Å². The molecule has 4 aliphatic rings. The van der Waals surface area contributed by atoms with Gasteiger partial charge in [0.15, 0.2) is 0 Å². The third-order valence-electron chi connectivity index (χ3n) is 14.0. The summed E-state index contributed by atoms with van der Waals surface area (Å²) in [6.07, 6.45) is -3.03. The quantitative estimate of drug-likeness (QED) is 0.112. The Morgan fingerprint density at radius 2 is 0.565 bits per heavy atom. The van der Waals surface area contributed by atoms with E-state index in [1.54, 1.807) is 7.11 Å². The van der Waals surface area contributed by atoms with Gasteiger partial charge in [-0.05, 0) is 47.9 Å². The number of ether oxygens (including phenoxy) is 9. The van der Waals surface area contributed by atoms with Gasteiger partial charge < -0.3 is 77.6 Å². The van der Waals surface area contributed by atoms with Crippen LogP contribution in [0.4, 0.5) is 19.2 Å². The lowest BCUT2D eigenvalue weighted by Crippen LogP contribution is -2.49. The van der Waals surface area contributed by atoms with E-state index in [9.17, 15) is 53.7 Å². The Bertz CT molecular complexity index is 2490. The van der Waals surface area contributed by atoms with Gasteiger partial charge in [0, 0.05) is 52.9 Å². The number of benzene rings is 4. The molecule has 24 heteroatoms. The summed E-state index contributed by atoms with van der Waals surface area (Å²) in [6, 6.07) is 37.4. The molecule has 0 spiro atoms. The number of hydrogen-bond acceptors (Lipinski definition) is 20. The second-order valence-corrected chi connectivity index (χ2v) is 20.4. The average Bonchev–Trinajstić information content (AvgIpc) is 3.74. The van der Waals surface area contributed by atoms with E-state index in [0.29, 0.717) is 38.8 Å². The highest BCUT2D eigenvalue weighted by atomic mass is 16.6. The van der Waals surface area contributed by atoms with Crippen molar-refractivity contribution in [1.29, 1.82) is 0 Å². The fourth-order valence-corrected chi connectivity index (χ4v) is 9.63. The fourth-order valence-electron chi connectivity index (χ4n) is 9.63. The van der Waals surface area contributed by atoms with Crippen LogP contribution in [0, 0.1) is 23.7 Å². The van der Waals surface area contributed by atoms with Gasteiger partial charge in [-0.3, -0.25) is 19.2 Å². The van der Waals surface area contributed by atoms with Crippen LogP contribution in [0.1, 0.15) is 47.9 Å². The van der Waals surface area contributed by atoms with Crippen molar-refractivity contribution in [2.75, 3.05) is 87.9 Å². The van der Waals surface area contributed by atoms with Gasteiger partial charge in [0.25, 0.3) is 0 Å². The Morgan fingerprint density at radius 1 is 0.341 bits per heavy atom. The van der Waals surface area contributed by atoms with Crippen LogP contribution < -0.4 is 0 Å². The molecular weight excluding hydrogens is 1110 g/mol. The monoisotopic (exact) mass is 1190 g/mol. The van der Waals surface area contributed by atoms with Crippen molar-refractivity contribution in [3.63, 3.8) is 0 Å². The van der Waals surface area contributed by atoms with E-state index >= 15 is 0 Å². The Kier molecular flexibility index (Phi) is 28.4. The first-order valence-corrected chi connectivity index (χ1v) is 27.6. The molecule has 0 radical (unpaired) electrons. The van der Waals surface area contributed by atoms with Crippen molar-refractivity contribution >= 4 is 48.3 Å². The summed E-state index contributed by atoms with van der Waals surface area (Å²) in [5, 5.41) is 29.3. The van der Waals surface area contributed by atoms with Crippen molar-refractivity contribution in [2.45, 2.75) is 76.5 Å². The summed E-state index contributed by atoms with van der Waals surface area (Å²) < 4.78 is 45.0. The van der Waals surface area contributed by atoms with Crippen molar-refractivity contribution in [1.82, 2.24) is 19.6 Å². The number of aliphatic hydroxyl groups excluding tert-OH is 3. The van der Waals surface area contributed by atoms with E-state index in [1.807, 2.05) is 121 Å². The molecule has 4 aliphatic heterocycles. The van der Waals surface area contributed by atoms with Gasteiger partial charge in [-0.2, -0.15) is 0 Å². The van der Waals surface area contributed by atoms with Crippen molar-refractivity contribution in [3.8, 4) is 0 Å². The van der Waals surface area contributed by atoms with Gasteiger partial charge in [-0.25, -0.2) is 19.2 Å². The van der Waals surface area contributed by atoms with Crippen LogP contribution in [-0.2, 0) is 88.2 Å². The van der Waals surface area contributed by atoms with E-state index in [-0.39, 0.29) is 83.7 Å². The summed E-state index contributed by atoms with van der Waals surface area (Å²) >= 11 is 0. The average molecular weight is 1190 g/mol. The molecule has 0 unspecified atom stereocenters. The minimum absolute atomic E-state index is 0.162. The first-order chi connectivity index (χ1) is 40.9. The standard InChI is InChI=1S/C16H21NO5.3C15H19NO5/c1-20-14-8-13(15(18)21-2)9-17(10-14)16(19)22-11-12-6-4-3-5-7-12;3*1-20-14(18)12-7-13(17)9-16(8-12)15(19)21-10-11-5-3-2-4-6-11/h3-7,13-14H,8-11H2,1-2H3;3*2-6,12-13,17H,7-10H2,1H3/t13-,14-;3*12-,13-/m1110/s1. The number of esters is 4. The highest BCUT2D eigenvalue weighted by Crippen LogP contribution is 2.24. The lowest BCUT2D eigenvalue weighted by Gasteiger charge is -2.35. The number of piperidine rings is 4. The minimum atomic E-state index is -0.743. The molecule has 4 saturated heterocycles. The maximum atomic E-state index is 12.2. The second kappa shape index (κ2) is 35.7. The smallest absolute Gasteiger partial charge is 0.410 e. The van der Waals surface area contributed by atoms with E-state index in [0.717, 1.165) is 22.3 Å². The van der Waals surface area contributed by atoms with Gasteiger partial charge in [0.1, 0.15) is 26.4 Å². The number of hydrogen-bond donors (Lipinski definition) is 3. The third kappa shape index (κ3) is 23.0. The maximum Gasteiger partial charge on any atom is 0.410 e. The predicted octanol–water partition coefficient (Wildman–Crippen LogP) is 5.37. The minimum Gasteiger partial charge on any atom is -0.469 e. The van der Waals surface area contributed by atoms with Gasteiger partial charge >= 0.3 is 48.3 Å². The molecule has 3 N–H and O–H groups in total. The fraction of sp³-hybridized carbons (Fsp3) is 0.475. The van der Waals surface area contributed by atoms with Crippen LogP contribution in [0.5, 0.6) is 0 Å². The molecule has 0 saturated carbocycles. The molecule has 8 atom stereocenters. The van der Waals surface area contributed by atoms with E-state index in [2.05, 4.69) is 14.2 Å². The van der Waals surface area contributed by atoms with Crippen LogP contribution in [-0.4, -0.2) is 195 Å². The maximum absolute atomic E-state index is 12.2. The first kappa shape index (κ1) is 67.5. The number of aliphatic hydroxyl groups is 3. The summed E-state index contributed by atoms with van der Waals surface area (Å²) in [5.41, 5.74) is 3.56. The van der Waals surface area contributed by atoms with Gasteiger partial charge in [0.2, 0.25) is 0 Å². The number of carbonyl (C=O) groups excluding carboxylic acids is 8. The third-order valence-corrected chi connectivity index (χ3v) is 14.0. The molecule has 4 heterocycles. The normalized spacial score (nSPS) is 21.6. The zero-order valence-corrected chi connectivity index (χ0v) is 48.6. The molecule has 4 aromatic rings. The SMILES string of the molecule is COC(=O)[C@@H]1C[C@@H](O)CN(C(=O)OCc2ccccc2)C1.COC(=O)[C@@H]1C[C@@H](O)CN(C(=O)OCc2ccccc2)C1.COC(=O)[C@@H]1C[C@@H](OC)CN(C(=O)OCc2ccccc2)C1.COC(=O)[C@H]1C[C@H](O)CN(C(=O)OCc2ccccc2)C1. The van der Waals surface area contributed by atoms with Gasteiger partial charge in [-0.15, -0.1) is 0 Å². The lowest BCUT2D eigenvalue weighted by atomic mass is 9.96. The number of likely N-dealkylation sites (tertiary alicyclic amines) is 4. The summed E-state index contributed by atoms with van der Waals surface area (Å²) in [4.78, 5) is 100. The molecular formula is C61H78N4O20. The number of β-amino-alcohol motifs (C(OH)–C–C–N with tert-alkyl or cyclic N) is 3. The van der Waals surface area contributed by atoms with Crippen LogP contribution in [0.3, 0.4) is 0 Å². The number of nitrogens with zero attached hydrogens (tertiary/aromatic N) is 4. The zero-order chi connectivity index (χ0) is 61.7. The van der Waals surface area contributed by atoms with Crippen LogP contribution in [0.25, 0.3) is 0 Å². The Hall–Kier alpha value is -8.32. The molecule has 0 bridgehead atoms. The largest absolute Gasteiger partial charge is 0.469 e. The molecule has 4 aromatic carbocycles. The predicted molar refractivity (Wildman–Crippen MR) is 302 cm³/mol. The van der Waals surface area contributed by atoms with Gasteiger partial charge in [-0.1, -0.05) is 121 Å².